The number of amides is 1. The third kappa shape index (κ3) is 4.26. The SMILES string of the molecule is Cl.Cl.NC[C@H]1CCC[C@H]1C(=O)Nc1ccc(-n2cccn2)c(F)c1. The molecule has 1 heterocycles. The highest BCUT2D eigenvalue weighted by atomic mass is 35.5. The van der Waals surface area contributed by atoms with E-state index in [0.717, 1.165) is 19.3 Å². The summed E-state index contributed by atoms with van der Waals surface area (Å²) in [6, 6.07) is 6.33. The number of rotatable bonds is 4. The van der Waals surface area contributed by atoms with Gasteiger partial charge < -0.3 is 11.1 Å². The second-order valence-corrected chi connectivity index (χ2v) is 5.64. The van der Waals surface area contributed by atoms with Gasteiger partial charge in [-0.3, -0.25) is 4.79 Å². The molecule has 0 unspecified atom stereocenters. The minimum atomic E-state index is -0.428. The summed E-state index contributed by atoms with van der Waals surface area (Å²) in [5.74, 6) is -0.338. The monoisotopic (exact) mass is 374 g/mol. The van der Waals surface area contributed by atoms with Crippen LogP contribution in [0.25, 0.3) is 5.69 Å². The van der Waals surface area contributed by atoms with Crippen molar-refractivity contribution in [3.63, 3.8) is 0 Å². The fraction of sp³-hybridized carbons (Fsp3) is 0.375. The molecule has 1 aliphatic carbocycles. The molecule has 0 spiro atoms. The van der Waals surface area contributed by atoms with Crippen LogP contribution in [0.2, 0.25) is 0 Å². The largest absolute Gasteiger partial charge is 0.330 e. The Morgan fingerprint density at radius 2 is 2.17 bits per heavy atom. The summed E-state index contributed by atoms with van der Waals surface area (Å²) in [5.41, 5.74) is 6.51. The van der Waals surface area contributed by atoms with E-state index in [4.69, 9.17) is 5.73 Å². The molecule has 2 aromatic rings. The van der Waals surface area contributed by atoms with E-state index in [1.165, 1.54) is 10.7 Å². The standard InChI is InChI=1S/C16H19FN4O.2ClH/c17-14-9-12(5-6-15(14)21-8-2-7-19-21)20-16(22)13-4-1-3-11(13)10-18;;/h2,5-9,11,13H,1,3-4,10,18H2,(H,20,22);2*1H/t11-,13-;;/m1../s1. The van der Waals surface area contributed by atoms with Crippen LogP contribution in [0.5, 0.6) is 0 Å². The lowest BCUT2D eigenvalue weighted by molar-refractivity contribution is -0.120. The summed E-state index contributed by atoms with van der Waals surface area (Å²) in [4.78, 5) is 12.3. The van der Waals surface area contributed by atoms with Crippen molar-refractivity contribution in [2.45, 2.75) is 19.3 Å². The maximum atomic E-state index is 14.2. The average molecular weight is 375 g/mol. The number of nitrogens with one attached hydrogen (secondary N) is 1. The molecule has 8 heteroatoms. The van der Waals surface area contributed by atoms with E-state index in [9.17, 15) is 9.18 Å². The zero-order chi connectivity index (χ0) is 15.5. The number of hydrogen-bond donors (Lipinski definition) is 2. The molecule has 1 fully saturated rings. The Hall–Kier alpha value is -1.63. The van der Waals surface area contributed by atoms with Gasteiger partial charge in [0, 0.05) is 24.0 Å². The smallest absolute Gasteiger partial charge is 0.227 e. The number of carbonyl (C=O) groups excluding carboxylic acids is 1. The number of nitrogens with zero attached hydrogens (tertiary/aromatic N) is 2. The van der Waals surface area contributed by atoms with Crippen LogP contribution in [0, 0.1) is 17.7 Å². The molecule has 0 bridgehead atoms. The van der Waals surface area contributed by atoms with Crippen LogP contribution in [0.4, 0.5) is 10.1 Å². The Kier molecular flexibility index (Phi) is 7.66. The zero-order valence-electron chi connectivity index (χ0n) is 13.0. The quantitative estimate of drug-likeness (QED) is 0.862. The predicted molar refractivity (Wildman–Crippen MR) is 96.5 cm³/mol. The van der Waals surface area contributed by atoms with Gasteiger partial charge in [0.15, 0.2) is 5.82 Å². The molecule has 1 aliphatic rings. The fourth-order valence-electron chi connectivity index (χ4n) is 3.08. The van der Waals surface area contributed by atoms with Crippen molar-refractivity contribution in [2.24, 2.45) is 17.6 Å². The molecular weight excluding hydrogens is 354 g/mol. The molecule has 3 N–H and O–H groups in total. The molecule has 0 radical (unpaired) electrons. The number of benzene rings is 1. The molecule has 132 valence electrons. The summed E-state index contributed by atoms with van der Waals surface area (Å²) in [6.07, 6.45) is 6.11. The first-order chi connectivity index (χ1) is 10.7. The highest BCUT2D eigenvalue weighted by Gasteiger charge is 2.31. The molecule has 2 atom stereocenters. The molecule has 3 rings (SSSR count). The summed E-state index contributed by atoms with van der Waals surface area (Å²) in [6.45, 7) is 0.519. The zero-order valence-corrected chi connectivity index (χ0v) is 14.7. The normalized spacial score (nSPS) is 19.2. The number of aromatic nitrogens is 2. The van der Waals surface area contributed by atoms with Crippen molar-refractivity contribution < 1.29 is 9.18 Å². The van der Waals surface area contributed by atoms with Gasteiger partial charge in [-0.2, -0.15) is 5.10 Å². The fourth-order valence-corrected chi connectivity index (χ4v) is 3.08. The van der Waals surface area contributed by atoms with Gasteiger partial charge in [-0.25, -0.2) is 9.07 Å². The summed E-state index contributed by atoms with van der Waals surface area (Å²) >= 11 is 0. The topological polar surface area (TPSA) is 72.9 Å². The van der Waals surface area contributed by atoms with Crippen molar-refractivity contribution in [3.05, 3.63) is 42.5 Å². The molecule has 5 nitrogen and oxygen atoms in total. The summed E-state index contributed by atoms with van der Waals surface area (Å²) in [5, 5.41) is 6.79. The van der Waals surface area contributed by atoms with Gasteiger partial charge in [-0.1, -0.05) is 6.42 Å². The van der Waals surface area contributed by atoms with E-state index < -0.39 is 5.82 Å². The Labute approximate surface area is 152 Å². The predicted octanol–water partition coefficient (Wildman–Crippen LogP) is 3.17. The van der Waals surface area contributed by atoms with Crippen LogP contribution in [0.3, 0.4) is 0 Å². The van der Waals surface area contributed by atoms with Crippen LogP contribution in [-0.4, -0.2) is 22.2 Å². The van der Waals surface area contributed by atoms with Gasteiger partial charge in [0.2, 0.25) is 5.91 Å². The number of carbonyl (C=O) groups is 1. The van der Waals surface area contributed by atoms with E-state index in [-0.39, 0.29) is 42.6 Å². The molecule has 1 aromatic carbocycles. The van der Waals surface area contributed by atoms with Gasteiger partial charge >= 0.3 is 0 Å². The van der Waals surface area contributed by atoms with Gasteiger partial charge in [0.1, 0.15) is 5.69 Å². The highest BCUT2D eigenvalue weighted by Crippen LogP contribution is 2.32. The van der Waals surface area contributed by atoms with E-state index >= 15 is 0 Å². The van der Waals surface area contributed by atoms with Crippen molar-refractivity contribution in [1.29, 1.82) is 0 Å². The first-order valence-electron chi connectivity index (χ1n) is 7.49. The third-order valence-electron chi connectivity index (χ3n) is 4.27. The van der Waals surface area contributed by atoms with Crippen molar-refractivity contribution in [1.82, 2.24) is 9.78 Å². The maximum absolute atomic E-state index is 14.2. The van der Waals surface area contributed by atoms with Crippen LogP contribution < -0.4 is 11.1 Å². The lowest BCUT2D eigenvalue weighted by Crippen LogP contribution is -2.29. The molecular formula is C16H21Cl2FN4O. The van der Waals surface area contributed by atoms with Crippen LogP contribution in [-0.2, 0) is 4.79 Å². The lowest BCUT2D eigenvalue weighted by atomic mass is 9.95. The number of hydrogen-bond acceptors (Lipinski definition) is 3. The molecule has 0 saturated heterocycles. The van der Waals surface area contributed by atoms with Gasteiger partial charge in [-0.15, -0.1) is 24.8 Å². The molecule has 1 aromatic heterocycles. The van der Waals surface area contributed by atoms with Crippen molar-refractivity contribution in [2.75, 3.05) is 11.9 Å². The van der Waals surface area contributed by atoms with Crippen molar-refractivity contribution in [3.8, 4) is 5.69 Å². The summed E-state index contributed by atoms with van der Waals surface area (Å²) < 4.78 is 15.6. The van der Waals surface area contributed by atoms with Gasteiger partial charge in [0.25, 0.3) is 0 Å². The lowest BCUT2D eigenvalue weighted by Gasteiger charge is -2.17. The maximum Gasteiger partial charge on any atom is 0.227 e. The number of anilines is 1. The van der Waals surface area contributed by atoms with Gasteiger partial charge in [0.05, 0.1) is 0 Å². The van der Waals surface area contributed by atoms with Crippen LogP contribution in [0.1, 0.15) is 19.3 Å². The summed E-state index contributed by atoms with van der Waals surface area (Å²) in [7, 11) is 0. The van der Waals surface area contributed by atoms with Crippen LogP contribution in [0.15, 0.2) is 36.7 Å². The Morgan fingerprint density at radius 3 is 2.79 bits per heavy atom. The van der Waals surface area contributed by atoms with Gasteiger partial charge in [-0.05, 0) is 49.6 Å². The molecule has 24 heavy (non-hydrogen) atoms. The minimum Gasteiger partial charge on any atom is -0.330 e. The minimum absolute atomic E-state index is 0. The highest BCUT2D eigenvalue weighted by molar-refractivity contribution is 5.93. The van der Waals surface area contributed by atoms with Crippen molar-refractivity contribution >= 4 is 36.4 Å². The molecule has 1 amide bonds. The Morgan fingerprint density at radius 1 is 1.38 bits per heavy atom. The first kappa shape index (κ1) is 20.4. The second kappa shape index (κ2) is 9.01. The van der Waals surface area contributed by atoms with E-state index in [0.29, 0.717) is 17.9 Å². The molecule has 0 aliphatic heterocycles. The Balaban J connectivity index is 0.00000144. The van der Waals surface area contributed by atoms with E-state index in [1.54, 1.807) is 30.6 Å². The molecule has 1 saturated carbocycles. The van der Waals surface area contributed by atoms with E-state index in [1.807, 2.05) is 0 Å². The third-order valence-corrected chi connectivity index (χ3v) is 4.27. The van der Waals surface area contributed by atoms with Crippen LogP contribution >= 0.6 is 24.8 Å². The van der Waals surface area contributed by atoms with E-state index in [2.05, 4.69) is 10.4 Å². The first-order valence-corrected chi connectivity index (χ1v) is 7.49. The Bertz CT molecular complexity index is 666. The average Bonchev–Trinajstić information content (AvgIpc) is 3.18. The number of halogens is 3. The number of nitrogens with two attached hydrogens (primary N) is 1. The second-order valence-electron chi connectivity index (χ2n) is 5.64.